The highest BCUT2D eigenvalue weighted by molar-refractivity contribution is 5.94. The molecule has 0 unspecified atom stereocenters. The van der Waals surface area contributed by atoms with Crippen LogP contribution in [-0.2, 0) is 12.7 Å². The minimum atomic E-state index is -4.58. The van der Waals surface area contributed by atoms with E-state index in [9.17, 15) is 26.7 Å². The summed E-state index contributed by atoms with van der Waals surface area (Å²) in [6, 6.07) is 6.69. The van der Waals surface area contributed by atoms with E-state index in [1.54, 1.807) is 10.7 Å². The Hall–Kier alpha value is -3.30. The van der Waals surface area contributed by atoms with E-state index in [4.69, 9.17) is 0 Å². The number of hydrogen-bond donors (Lipinski definition) is 1. The number of amides is 1. The molecule has 0 fully saturated rings. The monoisotopic (exact) mass is 422 g/mol. The molecule has 3 heterocycles. The van der Waals surface area contributed by atoms with Gasteiger partial charge >= 0.3 is 6.18 Å². The van der Waals surface area contributed by atoms with Crippen LogP contribution in [0.4, 0.5) is 22.0 Å². The minimum Gasteiger partial charge on any atom is -0.344 e. The van der Waals surface area contributed by atoms with Crippen LogP contribution in [-0.4, -0.2) is 20.7 Å². The summed E-state index contributed by atoms with van der Waals surface area (Å²) >= 11 is 0. The van der Waals surface area contributed by atoms with Crippen LogP contribution in [0.15, 0.2) is 42.6 Å². The molecular weight excluding hydrogens is 407 g/mol. The zero-order valence-corrected chi connectivity index (χ0v) is 15.4. The SMILES string of the molecule is O=C(N[C@H]1CCCn2nc(-c3ccnc(C(F)(F)F)c3)cc21)c1cccc(F)c1F. The average Bonchev–Trinajstić information content (AvgIpc) is 3.15. The summed E-state index contributed by atoms with van der Waals surface area (Å²) < 4.78 is 67.8. The van der Waals surface area contributed by atoms with Gasteiger partial charge in [-0.15, -0.1) is 0 Å². The van der Waals surface area contributed by atoms with Gasteiger partial charge in [0.2, 0.25) is 0 Å². The maximum atomic E-state index is 13.9. The molecule has 10 heteroatoms. The molecule has 1 aliphatic heterocycles. The number of fused-ring (bicyclic) bond motifs is 1. The fourth-order valence-electron chi connectivity index (χ4n) is 3.43. The smallest absolute Gasteiger partial charge is 0.344 e. The predicted molar refractivity (Wildman–Crippen MR) is 96.3 cm³/mol. The van der Waals surface area contributed by atoms with E-state index in [0.717, 1.165) is 18.3 Å². The highest BCUT2D eigenvalue weighted by atomic mass is 19.4. The Balaban J connectivity index is 1.62. The first kappa shape index (κ1) is 20.0. The molecule has 30 heavy (non-hydrogen) atoms. The summed E-state index contributed by atoms with van der Waals surface area (Å²) in [6.45, 7) is 0.521. The lowest BCUT2D eigenvalue weighted by Gasteiger charge is -2.24. The normalized spacial score (nSPS) is 16.2. The first-order chi connectivity index (χ1) is 14.2. The van der Waals surface area contributed by atoms with Crippen LogP contribution in [0.5, 0.6) is 0 Å². The lowest BCUT2D eigenvalue weighted by molar-refractivity contribution is -0.141. The standard InChI is InChI=1S/C20H15F5N4O/c21-13-4-1-3-12(18(13)22)19(30)27-14-5-2-8-29-16(14)10-15(28-29)11-6-7-26-17(9-11)20(23,24)25/h1,3-4,6-7,9-10,14H,2,5,8H2,(H,27,30)/t14-/m0/s1. The van der Waals surface area contributed by atoms with Gasteiger partial charge in [0.05, 0.1) is 23.0 Å². The summed E-state index contributed by atoms with van der Waals surface area (Å²) in [6.07, 6.45) is -2.35. The van der Waals surface area contributed by atoms with Crippen molar-refractivity contribution in [3.63, 3.8) is 0 Å². The largest absolute Gasteiger partial charge is 0.433 e. The van der Waals surface area contributed by atoms with Gasteiger partial charge in [-0.2, -0.15) is 18.3 Å². The predicted octanol–water partition coefficient (Wildman–Crippen LogP) is 4.51. The van der Waals surface area contributed by atoms with Crippen molar-refractivity contribution in [1.82, 2.24) is 20.1 Å². The second-order valence-electron chi connectivity index (χ2n) is 6.87. The molecule has 0 saturated heterocycles. The number of halogens is 5. The summed E-state index contributed by atoms with van der Waals surface area (Å²) in [5.41, 5.74) is -0.337. The third kappa shape index (κ3) is 3.77. The van der Waals surface area contributed by atoms with Gasteiger partial charge in [0.25, 0.3) is 5.91 Å². The third-order valence-corrected chi connectivity index (χ3v) is 4.88. The zero-order chi connectivity index (χ0) is 21.5. The lowest BCUT2D eigenvalue weighted by Crippen LogP contribution is -2.33. The van der Waals surface area contributed by atoms with Crippen molar-refractivity contribution >= 4 is 5.91 Å². The second-order valence-corrected chi connectivity index (χ2v) is 6.87. The van der Waals surface area contributed by atoms with Crippen LogP contribution in [0, 0.1) is 11.6 Å². The molecule has 3 aromatic rings. The van der Waals surface area contributed by atoms with Gasteiger partial charge in [-0.1, -0.05) is 6.07 Å². The summed E-state index contributed by atoms with van der Waals surface area (Å²) in [7, 11) is 0. The zero-order valence-electron chi connectivity index (χ0n) is 15.4. The van der Waals surface area contributed by atoms with Crippen molar-refractivity contribution in [2.24, 2.45) is 0 Å². The van der Waals surface area contributed by atoms with Crippen LogP contribution in [0.1, 0.15) is 40.6 Å². The number of aromatic nitrogens is 3. The number of carbonyl (C=O) groups excluding carboxylic acids is 1. The highest BCUT2D eigenvalue weighted by Crippen LogP contribution is 2.33. The Labute approximate surface area is 167 Å². The fourth-order valence-corrected chi connectivity index (χ4v) is 3.43. The number of alkyl halides is 3. The van der Waals surface area contributed by atoms with Gasteiger partial charge in [0, 0.05) is 18.3 Å². The Morgan fingerprint density at radius 2 is 1.97 bits per heavy atom. The molecular formula is C20H15F5N4O. The van der Waals surface area contributed by atoms with E-state index in [1.165, 1.54) is 18.2 Å². The van der Waals surface area contributed by atoms with Crippen molar-refractivity contribution in [1.29, 1.82) is 0 Å². The van der Waals surface area contributed by atoms with Crippen molar-refractivity contribution < 1.29 is 26.7 Å². The molecule has 0 radical (unpaired) electrons. The molecule has 4 rings (SSSR count). The van der Waals surface area contributed by atoms with Gasteiger partial charge in [-0.25, -0.2) is 8.78 Å². The van der Waals surface area contributed by atoms with E-state index in [0.29, 0.717) is 30.8 Å². The number of aryl methyl sites for hydroxylation is 1. The quantitative estimate of drug-likeness (QED) is 0.632. The Morgan fingerprint density at radius 1 is 1.17 bits per heavy atom. The summed E-state index contributed by atoms with van der Waals surface area (Å²) in [4.78, 5) is 15.8. The molecule has 1 N–H and O–H groups in total. The fraction of sp³-hybridized carbons (Fsp3) is 0.250. The van der Waals surface area contributed by atoms with E-state index < -0.39 is 41.0 Å². The van der Waals surface area contributed by atoms with Gasteiger partial charge < -0.3 is 5.32 Å². The molecule has 2 aromatic heterocycles. The van der Waals surface area contributed by atoms with Gasteiger partial charge in [-0.05, 0) is 43.2 Å². The lowest BCUT2D eigenvalue weighted by atomic mass is 10.0. The number of pyridine rings is 1. The van der Waals surface area contributed by atoms with Crippen LogP contribution in [0.2, 0.25) is 0 Å². The van der Waals surface area contributed by atoms with E-state index in [2.05, 4.69) is 15.4 Å². The van der Waals surface area contributed by atoms with Gasteiger partial charge in [0.15, 0.2) is 11.6 Å². The number of hydrogen-bond acceptors (Lipinski definition) is 3. The van der Waals surface area contributed by atoms with E-state index in [1.807, 2.05) is 0 Å². The van der Waals surface area contributed by atoms with Crippen molar-refractivity contribution in [3.8, 4) is 11.3 Å². The minimum absolute atomic E-state index is 0.237. The first-order valence-electron chi connectivity index (χ1n) is 9.10. The number of rotatable bonds is 3. The summed E-state index contributed by atoms with van der Waals surface area (Å²) in [5, 5.41) is 7.00. The second kappa shape index (κ2) is 7.51. The van der Waals surface area contributed by atoms with Gasteiger partial charge in [-0.3, -0.25) is 14.5 Å². The maximum Gasteiger partial charge on any atom is 0.433 e. The van der Waals surface area contributed by atoms with E-state index >= 15 is 0 Å². The molecule has 1 aliphatic rings. The summed E-state index contributed by atoms with van der Waals surface area (Å²) in [5.74, 6) is -3.15. The van der Waals surface area contributed by atoms with Crippen molar-refractivity contribution in [3.05, 3.63) is 71.2 Å². The molecule has 1 aromatic carbocycles. The Bertz CT molecular complexity index is 1110. The van der Waals surface area contributed by atoms with E-state index in [-0.39, 0.29) is 5.56 Å². The number of carbonyl (C=O) groups is 1. The highest BCUT2D eigenvalue weighted by Gasteiger charge is 2.33. The number of benzene rings is 1. The van der Waals surface area contributed by atoms with Crippen LogP contribution < -0.4 is 5.32 Å². The number of nitrogens with one attached hydrogen (secondary N) is 1. The molecule has 5 nitrogen and oxygen atoms in total. The van der Waals surface area contributed by atoms with Gasteiger partial charge in [0.1, 0.15) is 5.69 Å². The van der Waals surface area contributed by atoms with Crippen LogP contribution >= 0.6 is 0 Å². The third-order valence-electron chi connectivity index (χ3n) is 4.88. The molecule has 1 atom stereocenters. The van der Waals surface area contributed by atoms with Crippen LogP contribution in [0.25, 0.3) is 11.3 Å². The maximum absolute atomic E-state index is 13.9. The van der Waals surface area contributed by atoms with Crippen molar-refractivity contribution in [2.45, 2.75) is 31.6 Å². The number of nitrogens with zero attached hydrogens (tertiary/aromatic N) is 3. The Kier molecular flexibility index (Phi) is 5.00. The molecule has 0 aliphatic carbocycles. The molecule has 0 saturated carbocycles. The molecule has 1 amide bonds. The Morgan fingerprint density at radius 3 is 2.73 bits per heavy atom. The first-order valence-corrected chi connectivity index (χ1v) is 9.10. The average molecular weight is 422 g/mol. The molecule has 0 bridgehead atoms. The topological polar surface area (TPSA) is 59.8 Å². The van der Waals surface area contributed by atoms with Crippen molar-refractivity contribution in [2.75, 3.05) is 0 Å². The molecule has 156 valence electrons. The molecule has 0 spiro atoms. The van der Waals surface area contributed by atoms with Crippen LogP contribution in [0.3, 0.4) is 0 Å².